The quantitative estimate of drug-likeness (QED) is 0.888. The number of hydrogen-bond acceptors (Lipinski definition) is 3. The van der Waals surface area contributed by atoms with Gasteiger partial charge in [0.2, 0.25) is 5.91 Å². The van der Waals surface area contributed by atoms with E-state index < -0.39 is 0 Å². The second-order valence-electron chi connectivity index (χ2n) is 5.62. The summed E-state index contributed by atoms with van der Waals surface area (Å²) < 4.78 is 5.27. The maximum atomic E-state index is 12.9. The van der Waals surface area contributed by atoms with E-state index in [4.69, 9.17) is 4.74 Å². The molecule has 2 N–H and O–H groups in total. The molecule has 0 unspecified atom stereocenters. The molecular weight excluding hydrogens is 306 g/mol. The Kier molecular flexibility index (Phi) is 4.37. The minimum Gasteiger partial charge on any atom is -0.495 e. The first-order valence-corrected chi connectivity index (χ1v) is 7.72. The summed E-state index contributed by atoms with van der Waals surface area (Å²) in [6.45, 7) is 1.85. The van der Waals surface area contributed by atoms with E-state index in [1.165, 1.54) is 0 Å². The zero-order valence-corrected chi connectivity index (χ0v) is 13.6. The molecule has 1 aliphatic heterocycles. The normalized spacial score (nSPS) is 16.7. The molecule has 3 amide bonds. The highest BCUT2D eigenvalue weighted by atomic mass is 16.5. The third-order valence-electron chi connectivity index (χ3n) is 3.93. The maximum absolute atomic E-state index is 12.9. The van der Waals surface area contributed by atoms with Crippen LogP contribution < -0.4 is 20.3 Å². The number of nitrogens with zero attached hydrogens (tertiary/aromatic N) is 1. The number of anilines is 3. The minimum absolute atomic E-state index is 0.109. The molecule has 1 aliphatic rings. The molecule has 0 aromatic heterocycles. The Balaban J connectivity index is 1.94. The number of carbonyl (C=O) groups excluding carboxylic acids is 2. The Morgan fingerprint density at radius 1 is 1.21 bits per heavy atom. The molecule has 0 saturated heterocycles. The highest BCUT2D eigenvalue weighted by molar-refractivity contribution is 6.08. The van der Waals surface area contributed by atoms with Crippen molar-refractivity contribution in [3.05, 3.63) is 48.5 Å². The van der Waals surface area contributed by atoms with Gasteiger partial charge in [-0.2, -0.15) is 0 Å². The van der Waals surface area contributed by atoms with Crippen LogP contribution >= 0.6 is 0 Å². The second-order valence-corrected chi connectivity index (χ2v) is 5.62. The Hall–Kier alpha value is -3.02. The standard InChI is InChI=1S/C18H19N3O3/c1-12-11-17(22)19-13-7-3-5-9-15(13)21(12)18(23)20-14-8-4-6-10-16(14)24-2/h3-10,12H,11H2,1-2H3,(H,19,22)(H,20,23)/t12-/m0/s1. The van der Waals surface area contributed by atoms with Crippen LogP contribution in [0.25, 0.3) is 0 Å². The van der Waals surface area contributed by atoms with Gasteiger partial charge in [0.25, 0.3) is 0 Å². The molecule has 3 rings (SSSR count). The van der Waals surface area contributed by atoms with E-state index in [1.54, 1.807) is 30.2 Å². The smallest absolute Gasteiger partial charge is 0.326 e. The van der Waals surface area contributed by atoms with Crippen LogP contribution in [0.15, 0.2) is 48.5 Å². The summed E-state index contributed by atoms with van der Waals surface area (Å²) >= 11 is 0. The van der Waals surface area contributed by atoms with Gasteiger partial charge >= 0.3 is 6.03 Å². The van der Waals surface area contributed by atoms with Crippen LogP contribution in [0, 0.1) is 0 Å². The lowest BCUT2D eigenvalue weighted by molar-refractivity contribution is -0.116. The number of carbonyl (C=O) groups is 2. The van der Waals surface area contributed by atoms with Gasteiger partial charge < -0.3 is 15.4 Å². The lowest BCUT2D eigenvalue weighted by atomic mass is 10.2. The van der Waals surface area contributed by atoms with Crippen molar-refractivity contribution in [1.82, 2.24) is 0 Å². The first-order valence-electron chi connectivity index (χ1n) is 7.72. The third-order valence-corrected chi connectivity index (χ3v) is 3.93. The van der Waals surface area contributed by atoms with Gasteiger partial charge in [-0.3, -0.25) is 9.69 Å². The molecule has 124 valence electrons. The molecule has 2 aromatic carbocycles. The molecular formula is C18H19N3O3. The van der Waals surface area contributed by atoms with Crippen molar-refractivity contribution in [1.29, 1.82) is 0 Å². The second kappa shape index (κ2) is 6.62. The van der Waals surface area contributed by atoms with Crippen molar-refractivity contribution in [3.8, 4) is 5.75 Å². The first-order chi connectivity index (χ1) is 11.6. The third kappa shape index (κ3) is 3.03. The van der Waals surface area contributed by atoms with Crippen molar-refractivity contribution in [2.24, 2.45) is 0 Å². The number of methoxy groups -OCH3 is 1. The van der Waals surface area contributed by atoms with E-state index in [0.717, 1.165) is 0 Å². The molecule has 0 bridgehead atoms. The fourth-order valence-electron chi connectivity index (χ4n) is 2.82. The van der Waals surface area contributed by atoms with Gasteiger partial charge in [0, 0.05) is 12.5 Å². The Morgan fingerprint density at radius 2 is 1.92 bits per heavy atom. The van der Waals surface area contributed by atoms with Gasteiger partial charge in [-0.1, -0.05) is 24.3 Å². The molecule has 1 heterocycles. The molecule has 0 spiro atoms. The zero-order chi connectivity index (χ0) is 17.1. The summed E-state index contributed by atoms with van der Waals surface area (Å²) in [5, 5.41) is 5.71. The molecule has 6 nitrogen and oxygen atoms in total. The summed E-state index contributed by atoms with van der Waals surface area (Å²) in [6.07, 6.45) is 0.230. The first kappa shape index (κ1) is 15.9. The number of hydrogen-bond donors (Lipinski definition) is 2. The predicted molar refractivity (Wildman–Crippen MR) is 93.6 cm³/mol. The van der Waals surface area contributed by atoms with Crippen LogP contribution in [0.1, 0.15) is 13.3 Å². The minimum atomic E-state index is -0.309. The van der Waals surface area contributed by atoms with Gasteiger partial charge in [-0.05, 0) is 31.2 Å². The van der Waals surface area contributed by atoms with Crippen LogP contribution in [-0.2, 0) is 4.79 Å². The van der Waals surface area contributed by atoms with E-state index in [0.29, 0.717) is 22.8 Å². The van der Waals surface area contributed by atoms with Crippen LogP contribution in [0.3, 0.4) is 0 Å². The summed E-state index contributed by atoms with van der Waals surface area (Å²) in [5.41, 5.74) is 1.88. The van der Waals surface area contributed by atoms with Crippen LogP contribution in [0.5, 0.6) is 5.75 Å². The number of fused-ring (bicyclic) bond motifs is 1. The largest absolute Gasteiger partial charge is 0.495 e. The van der Waals surface area contributed by atoms with E-state index in [1.807, 2.05) is 37.3 Å². The van der Waals surface area contributed by atoms with E-state index in [2.05, 4.69) is 10.6 Å². The molecule has 0 aliphatic carbocycles. The highest BCUT2D eigenvalue weighted by Gasteiger charge is 2.29. The summed E-state index contributed by atoms with van der Waals surface area (Å²) in [5.74, 6) is 0.471. The summed E-state index contributed by atoms with van der Waals surface area (Å²) in [7, 11) is 1.55. The molecule has 0 saturated carbocycles. The van der Waals surface area contributed by atoms with Crippen LogP contribution in [-0.4, -0.2) is 25.1 Å². The van der Waals surface area contributed by atoms with Crippen molar-refractivity contribution in [3.63, 3.8) is 0 Å². The van der Waals surface area contributed by atoms with E-state index in [-0.39, 0.29) is 24.4 Å². The number of urea groups is 1. The fraction of sp³-hybridized carbons (Fsp3) is 0.222. The van der Waals surface area contributed by atoms with Gasteiger partial charge in [-0.25, -0.2) is 4.79 Å². The number of ether oxygens (including phenoxy) is 1. The molecule has 6 heteroatoms. The van der Waals surface area contributed by atoms with Crippen molar-refractivity contribution < 1.29 is 14.3 Å². The fourth-order valence-corrected chi connectivity index (χ4v) is 2.82. The van der Waals surface area contributed by atoms with Crippen molar-refractivity contribution in [2.45, 2.75) is 19.4 Å². The number of nitrogens with one attached hydrogen (secondary N) is 2. The van der Waals surface area contributed by atoms with Gasteiger partial charge in [-0.15, -0.1) is 0 Å². The molecule has 1 atom stereocenters. The molecule has 0 radical (unpaired) electrons. The Morgan fingerprint density at radius 3 is 2.71 bits per heavy atom. The molecule has 2 aromatic rings. The van der Waals surface area contributed by atoms with Gasteiger partial charge in [0.1, 0.15) is 5.75 Å². The monoisotopic (exact) mass is 325 g/mol. The number of para-hydroxylation sites is 4. The van der Waals surface area contributed by atoms with Gasteiger partial charge in [0.15, 0.2) is 0 Å². The maximum Gasteiger partial charge on any atom is 0.326 e. The number of rotatable bonds is 2. The lowest BCUT2D eigenvalue weighted by Crippen LogP contribution is -2.41. The van der Waals surface area contributed by atoms with Crippen molar-refractivity contribution in [2.75, 3.05) is 22.6 Å². The summed E-state index contributed by atoms with van der Waals surface area (Å²) in [6, 6.07) is 13.9. The molecule has 0 fully saturated rings. The SMILES string of the molecule is COc1ccccc1NC(=O)N1c2ccccc2NC(=O)C[C@@H]1C. The van der Waals surface area contributed by atoms with E-state index in [9.17, 15) is 9.59 Å². The average molecular weight is 325 g/mol. The zero-order valence-electron chi connectivity index (χ0n) is 13.6. The average Bonchev–Trinajstić information content (AvgIpc) is 2.69. The van der Waals surface area contributed by atoms with Crippen LogP contribution in [0.2, 0.25) is 0 Å². The lowest BCUT2D eigenvalue weighted by Gasteiger charge is -2.28. The predicted octanol–water partition coefficient (Wildman–Crippen LogP) is 3.46. The van der Waals surface area contributed by atoms with Crippen molar-refractivity contribution >= 4 is 29.0 Å². The highest BCUT2D eigenvalue weighted by Crippen LogP contribution is 2.32. The number of amides is 3. The topological polar surface area (TPSA) is 70.7 Å². The summed E-state index contributed by atoms with van der Waals surface area (Å²) in [4.78, 5) is 26.5. The van der Waals surface area contributed by atoms with Crippen LogP contribution in [0.4, 0.5) is 21.9 Å². The van der Waals surface area contributed by atoms with Gasteiger partial charge in [0.05, 0.1) is 24.2 Å². The van der Waals surface area contributed by atoms with E-state index >= 15 is 0 Å². The number of benzene rings is 2. The Bertz CT molecular complexity index is 776. The Labute approximate surface area is 140 Å². The molecule has 24 heavy (non-hydrogen) atoms.